The van der Waals surface area contributed by atoms with Gasteiger partial charge in [-0.05, 0) is 52.2 Å². The zero-order valence-electron chi connectivity index (χ0n) is 11.6. The van der Waals surface area contributed by atoms with Gasteiger partial charge >= 0.3 is 0 Å². The Morgan fingerprint density at radius 2 is 1.95 bits per heavy atom. The predicted octanol–water partition coefficient (Wildman–Crippen LogP) is 4.03. The predicted molar refractivity (Wildman–Crippen MR) is 93.3 cm³/mol. The van der Waals surface area contributed by atoms with Crippen molar-refractivity contribution in [2.24, 2.45) is 5.73 Å². The maximum Gasteiger partial charge on any atom is 0.104 e. The van der Waals surface area contributed by atoms with Gasteiger partial charge in [-0.25, -0.2) is 0 Å². The first-order valence-corrected chi connectivity index (χ1v) is 7.54. The molecule has 2 nitrogen and oxygen atoms in total. The molecule has 0 aliphatic heterocycles. The van der Waals surface area contributed by atoms with Gasteiger partial charge in [-0.3, -0.25) is 0 Å². The van der Waals surface area contributed by atoms with Crippen LogP contribution in [0.4, 0.5) is 5.69 Å². The lowest BCUT2D eigenvalue weighted by molar-refractivity contribution is 0.911. The third kappa shape index (κ3) is 3.38. The first-order chi connectivity index (χ1) is 9.49. The van der Waals surface area contributed by atoms with E-state index in [1.54, 1.807) is 0 Å². The van der Waals surface area contributed by atoms with Crippen LogP contribution in [0.15, 0.2) is 46.9 Å². The van der Waals surface area contributed by atoms with Crippen molar-refractivity contribution in [3.8, 4) is 0 Å². The van der Waals surface area contributed by atoms with Gasteiger partial charge in [-0.15, -0.1) is 0 Å². The molecule has 0 aliphatic carbocycles. The lowest BCUT2D eigenvalue weighted by Gasteiger charge is -2.22. The van der Waals surface area contributed by atoms with Gasteiger partial charge < -0.3 is 10.6 Å². The number of hydrogen-bond acceptors (Lipinski definition) is 2. The quantitative estimate of drug-likeness (QED) is 0.845. The average Bonchev–Trinajstić information content (AvgIpc) is 2.41. The van der Waals surface area contributed by atoms with Crippen molar-refractivity contribution in [1.29, 1.82) is 0 Å². The van der Waals surface area contributed by atoms with Crippen molar-refractivity contribution < 1.29 is 0 Å². The molecule has 4 heteroatoms. The van der Waals surface area contributed by atoms with Crippen molar-refractivity contribution in [2.45, 2.75) is 13.5 Å². The van der Waals surface area contributed by atoms with Crippen LogP contribution in [0.2, 0.25) is 0 Å². The Morgan fingerprint density at radius 3 is 2.55 bits per heavy atom. The molecule has 0 fully saturated rings. The summed E-state index contributed by atoms with van der Waals surface area (Å²) >= 11 is 8.59. The van der Waals surface area contributed by atoms with Crippen LogP contribution >= 0.6 is 28.1 Å². The van der Waals surface area contributed by atoms with E-state index in [0.29, 0.717) is 4.99 Å². The lowest BCUT2D eigenvalue weighted by atomic mass is 10.1. The van der Waals surface area contributed by atoms with Crippen LogP contribution in [0, 0.1) is 6.92 Å². The fourth-order valence-electron chi connectivity index (χ4n) is 2.10. The number of nitrogens with two attached hydrogens (primary N) is 1. The second-order valence-electron chi connectivity index (χ2n) is 4.81. The normalized spacial score (nSPS) is 10.3. The zero-order chi connectivity index (χ0) is 14.7. The van der Waals surface area contributed by atoms with Crippen LogP contribution < -0.4 is 10.6 Å². The molecule has 2 N–H and O–H groups in total. The Balaban J connectivity index is 2.23. The summed E-state index contributed by atoms with van der Waals surface area (Å²) in [5.74, 6) is 0. The van der Waals surface area contributed by atoms with Crippen LogP contribution in [-0.4, -0.2) is 12.0 Å². The molecular weight excluding hydrogens is 332 g/mol. The summed E-state index contributed by atoms with van der Waals surface area (Å²) in [5.41, 5.74) is 10.3. The highest BCUT2D eigenvalue weighted by molar-refractivity contribution is 9.10. The summed E-state index contributed by atoms with van der Waals surface area (Å²) in [7, 11) is 2.08. The van der Waals surface area contributed by atoms with E-state index in [-0.39, 0.29) is 0 Å². The van der Waals surface area contributed by atoms with Crippen LogP contribution in [0.1, 0.15) is 16.7 Å². The number of anilines is 1. The Hall–Kier alpha value is -1.39. The number of halogens is 1. The first kappa shape index (κ1) is 15.0. The van der Waals surface area contributed by atoms with Gasteiger partial charge in [0.25, 0.3) is 0 Å². The molecule has 0 saturated carbocycles. The molecule has 2 aromatic rings. The maximum atomic E-state index is 5.65. The molecule has 104 valence electrons. The van der Waals surface area contributed by atoms with Crippen molar-refractivity contribution in [3.63, 3.8) is 0 Å². The van der Waals surface area contributed by atoms with E-state index in [4.69, 9.17) is 18.0 Å². The minimum Gasteiger partial charge on any atom is -0.389 e. The largest absolute Gasteiger partial charge is 0.389 e. The van der Waals surface area contributed by atoms with Crippen molar-refractivity contribution >= 4 is 38.8 Å². The molecule has 0 heterocycles. The minimum atomic E-state index is 0.416. The van der Waals surface area contributed by atoms with E-state index < -0.39 is 0 Å². The summed E-state index contributed by atoms with van der Waals surface area (Å²) < 4.78 is 0.999. The van der Waals surface area contributed by atoms with Gasteiger partial charge in [0, 0.05) is 23.6 Å². The smallest absolute Gasteiger partial charge is 0.104 e. The highest BCUT2D eigenvalue weighted by Crippen LogP contribution is 2.28. The topological polar surface area (TPSA) is 29.3 Å². The van der Waals surface area contributed by atoms with Gasteiger partial charge in [0.05, 0.1) is 5.69 Å². The van der Waals surface area contributed by atoms with E-state index in [9.17, 15) is 0 Å². The third-order valence-electron chi connectivity index (χ3n) is 3.31. The lowest BCUT2D eigenvalue weighted by Crippen LogP contribution is -2.18. The van der Waals surface area contributed by atoms with E-state index in [1.807, 2.05) is 18.2 Å². The Kier molecular flexibility index (Phi) is 4.78. The number of rotatable bonds is 4. The van der Waals surface area contributed by atoms with Crippen LogP contribution in [0.25, 0.3) is 0 Å². The fraction of sp³-hybridized carbons (Fsp3) is 0.188. The molecule has 0 spiro atoms. The van der Waals surface area contributed by atoms with Gasteiger partial charge in [-0.1, -0.05) is 36.5 Å². The zero-order valence-corrected chi connectivity index (χ0v) is 14.0. The molecule has 2 rings (SSSR count). The molecule has 0 aromatic heterocycles. The Labute approximate surface area is 133 Å². The van der Waals surface area contributed by atoms with E-state index >= 15 is 0 Å². The molecule has 0 unspecified atom stereocenters. The van der Waals surface area contributed by atoms with Gasteiger partial charge in [0.15, 0.2) is 0 Å². The van der Waals surface area contributed by atoms with Gasteiger partial charge in [0.2, 0.25) is 0 Å². The maximum absolute atomic E-state index is 5.65. The summed E-state index contributed by atoms with van der Waals surface area (Å²) in [6.45, 7) is 2.99. The van der Waals surface area contributed by atoms with Gasteiger partial charge in [-0.2, -0.15) is 0 Å². The standard InChI is InChI=1S/C16H17BrN2S/c1-11-5-3-4-6-13(11)10-19(2)15-8-7-12(16(18)20)9-14(15)17/h3-9H,10H2,1-2H3,(H2,18,20). The summed E-state index contributed by atoms with van der Waals surface area (Å²) in [5, 5.41) is 0. The van der Waals surface area contributed by atoms with Crippen molar-refractivity contribution in [3.05, 3.63) is 63.6 Å². The molecule has 0 amide bonds. The van der Waals surface area contributed by atoms with Crippen molar-refractivity contribution in [1.82, 2.24) is 0 Å². The minimum absolute atomic E-state index is 0.416. The third-order valence-corrected chi connectivity index (χ3v) is 4.18. The number of aryl methyl sites for hydroxylation is 1. The molecule has 0 atom stereocenters. The monoisotopic (exact) mass is 348 g/mol. The van der Waals surface area contributed by atoms with Crippen LogP contribution in [-0.2, 0) is 6.54 Å². The molecular formula is C16H17BrN2S. The Bertz CT molecular complexity index is 640. The second-order valence-corrected chi connectivity index (χ2v) is 6.11. The number of nitrogens with zero attached hydrogens (tertiary/aromatic N) is 1. The van der Waals surface area contributed by atoms with E-state index in [1.165, 1.54) is 11.1 Å². The SMILES string of the molecule is Cc1ccccc1CN(C)c1ccc(C(N)=S)cc1Br. The molecule has 0 saturated heterocycles. The highest BCUT2D eigenvalue weighted by atomic mass is 79.9. The van der Waals surface area contributed by atoms with Crippen LogP contribution in [0.3, 0.4) is 0 Å². The molecule has 20 heavy (non-hydrogen) atoms. The first-order valence-electron chi connectivity index (χ1n) is 6.34. The highest BCUT2D eigenvalue weighted by Gasteiger charge is 2.09. The van der Waals surface area contributed by atoms with Crippen molar-refractivity contribution in [2.75, 3.05) is 11.9 Å². The average molecular weight is 349 g/mol. The Morgan fingerprint density at radius 1 is 1.25 bits per heavy atom. The summed E-state index contributed by atoms with van der Waals surface area (Å²) in [4.78, 5) is 2.62. The number of benzene rings is 2. The number of thiocarbonyl (C=S) groups is 1. The number of hydrogen-bond donors (Lipinski definition) is 1. The second kappa shape index (κ2) is 6.37. The molecule has 0 aliphatic rings. The van der Waals surface area contributed by atoms with Gasteiger partial charge in [0.1, 0.15) is 4.99 Å². The fourth-order valence-corrected chi connectivity index (χ4v) is 2.91. The van der Waals surface area contributed by atoms with E-state index in [2.05, 4.69) is 59.1 Å². The molecule has 2 aromatic carbocycles. The molecule has 0 bridgehead atoms. The molecule has 0 radical (unpaired) electrons. The summed E-state index contributed by atoms with van der Waals surface area (Å²) in [6.07, 6.45) is 0. The van der Waals surface area contributed by atoms with E-state index in [0.717, 1.165) is 22.3 Å². The summed E-state index contributed by atoms with van der Waals surface area (Å²) in [6, 6.07) is 14.4. The van der Waals surface area contributed by atoms with Crippen LogP contribution in [0.5, 0.6) is 0 Å².